The predicted molar refractivity (Wildman–Crippen MR) is 88.6 cm³/mol. The second kappa shape index (κ2) is 12.0. The third-order valence-electron chi connectivity index (χ3n) is 4.81. The molecule has 0 aromatic rings. The highest BCUT2D eigenvalue weighted by Crippen LogP contribution is 2.30. The molecule has 1 saturated carbocycles. The van der Waals surface area contributed by atoms with E-state index in [0.717, 1.165) is 24.8 Å². The molecule has 0 heterocycles. The molecule has 0 amide bonds. The van der Waals surface area contributed by atoms with Crippen molar-refractivity contribution in [1.82, 2.24) is 5.32 Å². The molecular formula is C18H35NO2. The topological polar surface area (TPSA) is 49.3 Å². The van der Waals surface area contributed by atoms with E-state index in [1.54, 1.807) is 0 Å². The number of carboxylic acids is 1. The van der Waals surface area contributed by atoms with Crippen LogP contribution < -0.4 is 5.32 Å². The van der Waals surface area contributed by atoms with E-state index < -0.39 is 5.97 Å². The lowest BCUT2D eigenvalue weighted by molar-refractivity contribution is -0.137. The summed E-state index contributed by atoms with van der Waals surface area (Å²) in [5, 5.41) is 12.4. The lowest BCUT2D eigenvalue weighted by Crippen LogP contribution is -2.33. The van der Waals surface area contributed by atoms with Crippen molar-refractivity contribution in [3.8, 4) is 0 Å². The summed E-state index contributed by atoms with van der Waals surface area (Å²) >= 11 is 0. The van der Waals surface area contributed by atoms with E-state index in [-0.39, 0.29) is 0 Å². The molecule has 0 spiro atoms. The van der Waals surface area contributed by atoms with Crippen LogP contribution in [0.15, 0.2) is 0 Å². The van der Waals surface area contributed by atoms with Gasteiger partial charge in [0.05, 0.1) is 0 Å². The van der Waals surface area contributed by atoms with Crippen molar-refractivity contribution in [2.45, 2.75) is 96.4 Å². The number of carboxylic acid groups (broad SMARTS) is 1. The average Bonchev–Trinajstić information content (AvgIpc) is 2.89. The van der Waals surface area contributed by atoms with E-state index in [2.05, 4.69) is 12.2 Å². The molecule has 1 fully saturated rings. The van der Waals surface area contributed by atoms with Gasteiger partial charge in [0.25, 0.3) is 0 Å². The Hall–Kier alpha value is -0.570. The molecular weight excluding hydrogens is 262 g/mol. The number of rotatable bonds is 13. The third-order valence-corrected chi connectivity index (χ3v) is 4.81. The molecule has 1 aliphatic carbocycles. The summed E-state index contributed by atoms with van der Waals surface area (Å²) in [7, 11) is 0. The zero-order valence-corrected chi connectivity index (χ0v) is 13.9. The Morgan fingerprint density at radius 3 is 2.57 bits per heavy atom. The molecule has 124 valence electrons. The molecule has 3 nitrogen and oxygen atoms in total. The fraction of sp³-hybridized carbons (Fsp3) is 0.944. The van der Waals surface area contributed by atoms with Gasteiger partial charge in [-0.25, -0.2) is 0 Å². The fourth-order valence-electron chi connectivity index (χ4n) is 3.53. The molecule has 2 N–H and O–H groups in total. The van der Waals surface area contributed by atoms with Gasteiger partial charge in [0, 0.05) is 12.5 Å². The van der Waals surface area contributed by atoms with Crippen LogP contribution in [0.2, 0.25) is 0 Å². The second-order valence-electron chi connectivity index (χ2n) is 6.66. The highest BCUT2D eigenvalue weighted by molar-refractivity contribution is 5.66. The Kier molecular flexibility index (Phi) is 10.6. The molecule has 0 saturated heterocycles. The fourth-order valence-corrected chi connectivity index (χ4v) is 3.53. The largest absolute Gasteiger partial charge is 0.481 e. The zero-order valence-electron chi connectivity index (χ0n) is 13.9. The van der Waals surface area contributed by atoms with Crippen LogP contribution in [0.5, 0.6) is 0 Å². The van der Waals surface area contributed by atoms with E-state index in [4.69, 9.17) is 5.11 Å². The SMILES string of the molecule is CCCCCCN[C@@H]1CCC[C@H]1CCCCCCC(=O)O. The number of aliphatic carboxylic acids is 1. The third kappa shape index (κ3) is 9.13. The highest BCUT2D eigenvalue weighted by Gasteiger charge is 2.25. The molecule has 1 aliphatic rings. The van der Waals surface area contributed by atoms with E-state index >= 15 is 0 Å². The maximum Gasteiger partial charge on any atom is 0.303 e. The van der Waals surface area contributed by atoms with Crippen molar-refractivity contribution in [3.63, 3.8) is 0 Å². The lowest BCUT2D eigenvalue weighted by Gasteiger charge is -2.21. The summed E-state index contributed by atoms with van der Waals surface area (Å²) in [6.45, 7) is 3.46. The van der Waals surface area contributed by atoms with Crippen LogP contribution in [0, 0.1) is 5.92 Å². The molecule has 2 atom stereocenters. The Labute approximate surface area is 130 Å². The predicted octanol–water partition coefficient (Wildman–Crippen LogP) is 4.75. The minimum absolute atomic E-state index is 0.339. The van der Waals surface area contributed by atoms with Crippen molar-refractivity contribution in [2.75, 3.05) is 6.54 Å². The number of hydrogen-bond acceptors (Lipinski definition) is 2. The first kappa shape index (κ1) is 18.5. The van der Waals surface area contributed by atoms with Gasteiger partial charge in [0.1, 0.15) is 0 Å². The van der Waals surface area contributed by atoms with Gasteiger partial charge in [-0.1, -0.05) is 51.9 Å². The molecule has 3 heteroatoms. The van der Waals surface area contributed by atoms with Crippen molar-refractivity contribution < 1.29 is 9.90 Å². The molecule has 0 aliphatic heterocycles. The van der Waals surface area contributed by atoms with Crippen molar-refractivity contribution >= 4 is 5.97 Å². The number of carbonyl (C=O) groups is 1. The first-order valence-electron chi connectivity index (χ1n) is 9.19. The highest BCUT2D eigenvalue weighted by atomic mass is 16.4. The summed E-state index contributed by atoms with van der Waals surface area (Å²) < 4.78 is 0. The average molecular weight is 297 g/mol. The van der Waals surface area contributed by atoms with Gasteiger partial charge >= 0.3 is 5.97 Å². The van der Waals surface area contributed by atoms with E-state index in [1.165, 1.54) is 70.8 Å². The molecule has 21 heavy (non-hydrogen) atoms. The molecule has 1 rings (SSSR count). The maximum atomic E-state index is 10.4. The van der Waals surface area contributed by atoms with Crippen molar-refractivity contribution in [1.29, 1.82) is 0 Å². The van der Waals surface area contributed by atoms with Crippen LogP contribution in [0.25, 0.3) is 0 Å². The standard InChI is InChI=1S/C18H35NO2/c1-2-3-4-9-15-19-17-13-10-12-16(17)11-7-5-6-8-14-18(20)21/h16-17,19H,2-15H2,1H3,(H,20,21)/t16-,17-/m1/s1. The van der Waals surface area contributed by atoms with Crippen LogP contribution in [0.4, 0.5) is 0 Å². The van der Waals surface area contributed by atoms with Crippen LogP contribution >= 0.6 is 0 Å². The number of hydrogen-bond donors (Lipinski definition) is 2. The van der Waals surface area contributed by atoms with Gasteiger partial charge in [0.2, 0.25) is 0 Å². The maximum absolute atomic E-state index is 10.4. The van der Waals surface area contributed by atoms with Crippen LogP contribution in [-0.4, -0.2) is 23.7 Å². The monoisotopic (exact) mass is 297 g/mol. The van der Waals surface area contributed by atoms with Crippen molar-refractivity contribution in [3.05, 3.63) is 0 Å². The minimum Gasteiger partial charge on any atom is -0.481 e. The lowest BCUT2D eigenvalue weighted by atomic mass is 9.95. The summed E-state index contributed by atoms with van der Waals surface area (Å²) in [5.74, 6) is 0.216. The molecule has 0 radical (unpaired) electrons. The minimum atomic E-state index is -0.655. The molecule has 0 aromatic heterocycles. The van der Waals surface area contributed by atoms with Gasteiger partial charge in [-0.3, -0.25) is 4.79 Å². The van der Waals surface area contributed by atoms with Gasteiger partial charge in [-0.2, -0.15) is 0 Å². The summed E-state index contributed by atoms with van der Waals surface area (Å²) in [6.07, 6.45) is 15.6. The number of nitrogens with one attached hydrogen (secondary N) is 1. The molecule has 0 unspecified atom stereocenters. The summed E-state index contributed by atoms with van der Waals surface area (Å²) in [5.41, 5.74) is 0. The Morgan fingerprint density at radius 2 is 1.81 bits per heavy atom. The molecule has 0 aromatic carbocycles. The van der Waals surface area contributed by atoms with E-state index in [9.17, 15) is 4.79 Å². The second-order valence-corrected chi connectivity index (χ2v) is 6.66. The zero-order chi connectivity index (χ0) is 15.3. The van der Waals surface area contributed by atoms with Gasteiger partial charge in [-0.15, -0.1) is 0 Å². The van der Waals surface area contributed by atoms with Gasteiger partial charge in [-0.05, 0) is 44.6 Å². The Bertz CT molecular complexity index is 268. The Morgan fingerprint density at radius 1 is 1.05 bits per heavy atom. The first-order valence-corrected chi connectivity index (χ1v) is 9.19. The summed E-state index contributed by atoms with van der Waals surface area (Å²) in [6, 6.07) is 0.755. The van der Waals surface area contributed by atoms with Crippen LogP contribution in [0.3, 0.4) is 0 Å². The Balaban J connectivity index is 2.00. The molecule has 0 bridgehead atoms. The van der Waals surface area contributed by atoms with Crippen LogP contribution in [0.1, 0.15) is 90.4 Å². The van der Waals surface area contributed by atoms with Crippen molar-refractivity contribution in [2.24, 2.45) is 5.92 Å². The smallest absolute Gasteiger partial charge is 0.303 e. The summed E-state index contributed by atoms with van der Waals surface area (Å²) in [4.78, 5) is 10.4. The first-order chi connectivity index (χ1) is 10.2. The van der Waals surface area contributed by atoms with E-state index in [1.807, 2.05) is 0 Å². The van der Waals surface area contributed by atoms with Gasteiger partial charge in [0.15, 0.2) is 0 Å². The quantitative estimate of drug-likeness (QED) is 0.482. The van der Waals surface area contributed by atoms with Crippen LogP contribution in [-0.2, 0) is 4.79 Å². The van der Waals surface area contributed by atoms with Gasteiger partial charge < -0.3 is 10.4 Å². The van der Waals surface area contributed by atoms with E-state index in [0.29, 0.717) is 6.42 Å². The number of unbranched alkanes of at least 4 members (excludes halogenated alkanes) is 6. The normalized spacial score (nSPS) is 21.8.